The van der Waals surface area contributed by atoms with Gasteiger partial charge in [-0.2, -0.15) is 0 Å². The summed E-state index contributed by atoms with van der Waals surface area (Å²) in [6.45, 7) is 2.27. The molecule has 1 aromatic carbocycles. The monoisotopic (exact) mass is 369 g/mol. The summed E-state index contributed by atoms with van der Waals surface area (Å²) in [6, 6.07) is 10.0. The lowest BCUT2D eigenvalue weighted by Gasteiger charge is -2.20. The van der Waals surface area contributed by atoms with E-state index in [4.69, 9.17) is 4.74 Å². The van der Waals surface area contributed by atoms with Crippen LogP contribution >= 0.6 is 0 Å². The third-order valence-electron chi connectivity index (χ3n) is 5.52. The van der Waals surface area contributed by atoms with Gasteiger partial charge in [-0.05, 0) is 30.3 Å². The number of fused-ring (bicyclic) bond motifs is 1. The number of ether oxygens (including phenoxy) is 1. The Hall–Kier alpha value is -2.80. The van der Waals surface area contributed by atoms with Crippen molar-refractivity contribution in [3.63, 3.8) is 0 Å². The number of aromatic hydroxyl groups is 1. The second kappa shape index (κ2) is 7.08. The lowest BCUT2D eigenvalue weighted by Crippen LogP contribution is -2.35. The number of hydrogen-bond acceptors (Lipinski definition) is 4. The minimum absolute atomic E-state index is 0.00296. The highest BCUT2D eigenvalue weighted by atomic mass is 16.5. The van der Waals surface area contributed by atoms with Gasteiger partial charge >= 0.3 is 0 Å². The van der Waals surface area contributed by atoms with Crippen molar-refractivity contribution >= 4 is 11.8 Å². The van der Waals surface area contributed by atoms with E-state index in [0.29, 0.717) is 37.5 Å². The summed E-state index contributed by atoms with van der Waals surface area (Å²) in [6.07, 6.45) is 1.84. The van der Waals surface area contributed by atoms with Crippen molar-refractivity contribution in [1.82, 2.24) is 14.8 Å². The van der Waals surface area contributed by atoms with Gasteiger partial charge in [0.05, 0.1) is 12.7 Å². The number of aryl methyl sites for hydroxylation is 1. The third-order valence-corrected chi connectivity index (χ3v) is 5.52. The molecule has 0 spiro atoms. The van der Waals surface area contributed by atoms with Crippen LogP contribution in [0.1, 0.15) is 20.8 Å². The van der Waals surface area contributed by atoms with E-state index in [1.165, 1.54) is 6.07 Å². The Morgan fingerprint density at radius 3 is 2.85 bits per heavy atom. The lowest BCUT2D eigenvalue weighted by atomic mass is 9.93. The number of rotatable bonds is 4. The summed E-state index contributed by atoms with van der Waals surface area (Å²) in [5.41, 5.74) is 1.10. The average Bonchev–Trinajstić information content (AvgIpc) is 3.35. The molecule has 0 aliphatic carbocycles. The Balaban J connectivity index is 1.36. The Morgan fingerprint density at radius 2 is 2.11 bits per heavy atom. The summed E-state index contributed by atoms with van der Waals surface area (Å²) in [7, 11) is 1.84. The van der Waals surface area contributed by atoms with Crippen molar-refractivity contribution in [2.24, 2.45) is 18.9 Å². The van der Waals surface area contributed by atoms with Crippen molar-refractivity contribution in [3.05, 3.63) is 53.9 Å². The summed E-state index contributed by atoms with van der Waals surface area (Å²) >= 11 is 0. The van der Waals surface area contributed by atoms with Gasteiger partial charge in [0.15, 0.2) is 0 Å². The zero-order valence-electron chi connectivity index (χ0n) is 15.2. The molecule has 142 valence electrons. The maximum Gasteiger partial charge on any atom is 0.267 e. The standard InChI is InChI=1S/C20H23N3O4/c1-22-7-3-6-17(22)19(25)21-9-14-12-27-18-11-23(10-16(14)18)20(26)13-4-2-5-15(24)8-13/h2-8,14,16,18,24H,9-12H2,1H3,(H,21,25)/t14-,16-,18-/m1/s1. The number of carbonyl (C=O) groups excluding carboxylic acids is 2. The Morgan fingerprint density at radius 1 is 1.26 bits per heavy atom. The first kappa shape index (κ1) is 17.6. The summed E-state index contributed by atoms with van der Waals surface area (Å²) in [4.78, 5) is 26.8. The molecule has 7 nitrogen and oxygen atoms in total. The van der Waals surface area contributed by atoms with Crippen LogP contribution in [0.5, 0.6) is 5.75 Å². The molecule has 0 bridgehead atoms. The van der Waals surface area contributed by atoms with E-state index in [2.05, 4.69) is 5.32 Å². The van der Waals surface area contributed by atoms with Gasteiger partial charge < -0.3 is 24.6 Å². The summed E-state index contributed by atoms with van der Waals surface area (Å²) in [5, 5.41) is 12.6. The van der Waals surface area contributed by atoms with Crippen LogP contribution in [0.15, 0.2) is 42.6 Å². The number of carbonyl (C=O) groups is 2. The summed E-state index contributed by atoms with van der Waals surface area (Å²) in [5.74, 6) is 0.269. The van der Waals surface area contributed by atoms with Gasteiger partial charge in [0.25, 0.3) is 11.8 Å². The highest BCUT2D eigenvalue weighted by Gasteiger charge is 2.45. The largest absolute Gasteiger partial charge is 0.508 e. The zero-order chi connectivity index (χ0) is 19.0. The number of likely N-dealkylation sites (tertiary alicyclic amines) is 1. The van der Waals surface area contributed by atoms with Gasteiger partial charge in [-0.25, -0.2) is 0 Å². The number of phenols is 1. The van der Waals surface area contributed by atoms with Crippen LogP contribution in [0.3, 0.4) is 0 Å². The van der Waals surface area contributed by atoms with Gasteiger partial charge in [0.2, 0.25) is 0 Å². The molecule has 0 unspecified atom stereocenters. The number of hydrogen-bond donors (Lipinski definition) is 2. The predicted molar refractivity (Wildman–Crippen MR) is 98.5 cm³/mol. The SMILES string of the molecule is Cn1cccc1C(=O)NC[C@@H]1CO[C@@H]2CN(C(=O)c3cccc(O)c3)C[C@H]12. The highest BCUT2D eigenvalue weighted by Crippen LogP contribution is 2.34. The number of nitrogens with one attached hydrogen (secondary N) is 1. The average molecular weight is 369 g/mol. The molecule has 0 radical (unpaired) electrons. The maximum atomic E-state index is 12.7. The molecular formula is C20H23N3O4. The van der Waals surface area contributed by atoms with Gasteiger partial charge in [0, 0.05) is 50.3 Å². The fourth-order valence-corrected chi connectivity index (χ4v) is 4.01. The van der Waals surface area contributed by atoms with Crippen LogP contribution in [0.25, 0.3) is 0 Å². The maximum absolute atomic E-state index is 12.7. The van der Waals surface area contributed by atoms with E-state index < -0.39 is 0 Å². The minimum Gasteiger partial charge on any atom is -0.508 e. The molecule has 4 rings (SSSR count). The van der Waals surface area contributed by atoms with E-state index in [9.17, 15) is 14.7 Å². The molecule has 2 aromatic rings. The second-order valence-corrected chi connectivity index (χ2v) is 7.27. The van der Waals surface area contributed by atoms with Crippen molar-refractivity contribution in [2.45, 2.75) is 6.10 Å². The molecule has 7 heteroatoms. The van der Waals surface area contributed by atoms with Crippen molar-refractivity contribution in [2.75, 3.05) is 26.2 Å². The van der Waals surface area contributed by atoms with E-state index in [1.807, 2.05) is 19.3 Å². The lowest BCUT2D eigenvalue weighted by molar-refractivity contribution is 0.0674. The smallest absolute Gasteiger partial charge is 0.267 e. The summed E-state index contributed by atoms with van der Waals surface area (Å²) < 4.78 is 7.66. The topological polar surface area (TPSA) is 83.8 Å². The fraction of sp³-hybridized carbons (Fsp3) is 0.400. The number of amides is 2. The molecule has 2 saturated heterocycles. The first-order valence-corrected chi connectivity index (χ1v) is 9.12. The molecule has 2 amide bonds. The van der Waals surface area contributed by atoms with Crippen LogP contribution in [0.2, 0.25) is 0 Å². The van der Waals surface area contributed by atoms with E-state index in [1.54, 1.807) is 33.7 Å². The van der Waals surface area contributed by atoms with Gasteiger partial charge in [-0.15, -0.1) is 0 Å². The molecule has 2 aliphatic heterocycles. The molecule has 3 atom stereocenters. The second-order valence-electron chi connectivity index (χ2n) is 7.27. The predicted octanol–water partition coefficient (Wildman–Crippen LogP) is 1.25. The number of benzene rings is 1. The van der Waals surface area contributed by atoms with Gasteiger partial charge in [-0.3, -0.25) is 9.59 Å². The first-order valence-electron chi connectivity index (χ1n) is 9.12. The van der Waals surface area contributed by atoms with Crippen LogP contribution in [-0.2, 0) is 11.8 Å². The van der Waals surface area contributed by atoms with E-state index in [-0.39, 0.29) is 35.5 Å². The van der Waals surface area contributed by atoms with Crippen LogP contribution in [-0.4, -0.2) is 58.7 Å². The molecule has 27 heavy (non-hydrogen) atoms. The van der Waals surface area contributed by atoms with Crippen LogP contribution < -0.4 is 5.32 Å². The molecule has 3 heterocycles. The van der Waals surface area contributed by atoms with E-state index >= 15 is 0 Å². The van der Waals surface area contributed by atoms with Gasteiger partial charge in [-0.1, -0.05) is 6.07 Å². The first-order chi connectivity index (χ1) is 13.0. The minimum atomic E-state index is -0.101. The molecular weight excluding hydrogens is 346 g/mol. The molecule has 1 aromatic heterocycles. The normalized spacial score (nSPS) is 24.0. The zero-order valence-corrected chi connectivity index (χ0v) is 15.2. The van der Waals surface area contributed by atoms with Crippen LogP contribution in [0.4, 0.5) is 0 Å². The van der Waals surface area contributed by atoms with Crippen LogP contribution in [0, 0.1) is 11.8 Å². The van der Waals surface area contributed by atoms with Gasteiger partial charge in [0.1, 0.15) is 11.4 Å². The fourth-order valence-electron chi connectivity index (χ4n) is 4.01. The number of nitrogens with zero attached hydrogens (tertiary/aromatic N) is 2. The van der Waals surface area contributed by atoms with Crippen molar-refractivity contribution < 1.29 is 19.4 Å². The number of aromatic nitrogens is 1. The molecule has 2 N–H and O–H groups in total. The quantitative estimate of drug-likeness (QED) is 0.850. The van der Waals surface area contributed by atoms with Crippen molar-refractivity contribution in [1.29, 1.82) is 0 Å². The van der Waals surface area contributed by atoms with E-state index in [0.717, 1.165) is 0 Å². The van der Waals surface area contributed by atoms with Crippen molar-refractivity contribution in [3.8, 4) is 5.75 Å². The Labute approximate surface area is 157 Å². The Kier molecular flexibility index (Phi) is 4.61. The Bertz CT molecular complexity index is 862. The highest BCUT2D eigenvalue weighted by molar-refractivity contribution is 5.95. The molecule has 0 saturated carbocycles. The molecule has 2 aliphatic rings. The third kappa shape index (κ3) is 3.42. The molecule has 2 fully saturated rings. The number of phenolic OH excluding ortho intramolecular Hbond substituents is 1.